The van der Waals surface area contributed by atoms with Gasteiger partial charge in [-0.15, -0.1) is 0 Å². The van der Waals surface area contributed by atoms with Crippen LogP contribution >= 0.6 is 0 Å². The van der Waals surface area contributed by atoms with Crippen molar-refractivity contribution in [2.45, 2.75) is 84.1 Å². The zero-order chi connectivity index (χ0) is 22.5. The summed E-state index contributed by atoms with van der Waals surface area (Å²) in [7, 11) is 0. The second-order valence-corrected chi connectivity index (χ2v) is 10.7. The van der Waals surface area contributed by atoms with Crippen LogP contribution in [-0.4, -0.2) is 70.8 Å². The van der Waals surface area contributed by atoms with E-state index in [4.69, 9.17) is 9.47 Å². The molecule has 0 aliphatic carbocycles. The van der Waals surface area contributed by atoms with Gasteiger partial charge in [-0.05, 0) is 45.4 Å². The Kier molecular flexibility index (Phi) is 5.97. The number of nitrogens with one attached hydrogen (secondary N) is 1. The third-order valence-corrected chi connectivity index (χ3v) is 6.38. The molecule has 1 spiro atoms. The first-order valence-corrected chi connectivity index (χ1v) is 10.9. The topological polar surface area (TPSA) is 105 Å². The number of carbonyl (C=O) groups excluding carboxylic acids is 3. The predicted molar refractivity (Wildman–Crippen MR) is 109 cm³/mol. The molecule has 3 aliphatic rings. The number of esters is 1. The lowest BCUT2D eigenvalue weighted by Crippen LogP contribution is -2.59. The number of hydrogen-bond acceptors (Lipinski definition) is 6. The molecule has 3 heterocycles. The van der Waals surface area contributed by atoms with E-state index in [0.717, 1.165) is 6.42 Å². The van der Waals surface area contributed by atoms with E-state index in [9.17, 15) is 19.5 Å². The van der Waals surface area contributed by atoms with E-state index in [1.807, 2.05) is 13.8 Å². The first-order valence-electron chi connectivity index (χ1n) is 10.9. The number of ether oxygens (including phenoxy) is 2. The first-order chi connectivity index (χ1) is 13.9. The molecule has 30 heavy (non-hydrogen) atoms. The Bertz CT molecular complexity index is 715. The Hall–Kier alpha value is -1.67. The zero-order valence-electron chi connectivity index (χ0n) is 19.0. The Morgan fingerprint density at radius 1 is 1.30 bits per heavy atom. The van der Waals surface area contributed by atoms with Crippen molar-refractivity contribution >= 4 is 17.8 Å². The summed E-state index contributed by atoms with van der Waals surface area (Å²) in [5.74, 6) is -2.49. The van der Waals surface area contributed by atoms with Crippen molar-refractivity contribution in [2.24, 2.45) is 17.3 Å². The number of nitrogens with zero attached hydrogens (tertiary/aromatic N) is 1. The van der Waals surface area contributed by atoms with E-state index >= 15 is 0 Å². The van der Waals surface area contributed by atoms with E-state index < -0.39 is 41.1 Å². The van der Waals surface area contributed by atoms with Crippen molar-refractivity contribution < 1.29 is 29.0 Å². The molecule has 0 unspecified atom stereocenters. The summed E-state index contributed by atoms with van der Waals surface area (Å²) in [5, 5.41) is 12.7. The second-order valence-electron chi connectivity index (χ2n) is 10.7. The summed E-state index contributed by atoms with van der Waals surface area (Å²) in [6, 6.07) is -0.870. The summed E-state index contributed by atoms with van der Waals surface area (Å²) in [6.45, 7) is 12.0. The fourth-order valence-corrected chi connectivity index (χ4v) is 6.08. The molecule has 2 bridgehead atoms. The molecule has 0 radical (unpaired) electrons. The summed E-state index contributed by atoms with van der Waals surface area (Å²) < 4.78 is 11.5. The standard InChI is InChI=1S/C22H36N2O6/c1-7-29-19(28)14-13-8-9-22(30-13)15(14)18(27)24(10-11-25)16(22)17(26)23-21(5,6)12-20(2,3)4/h13-16,25H,7-12H2,1-6H3,(H,23,26)/t13-,14+,15+,16-,22+/m1/s1. The number of hydrogen-bond donors (Lipinski definition) is 2. The zero-order valence-corrected chi connectivity index (χ0v) is 19.0. The molecule has 2 N–H and O–H groups in total. The van der Waals surface area contributed by atoms with E-state index in [0.29, 0.717) is 12.8 Å². The lowest BCUT2D eigenvalue weighted by Gasteiger charge is -2.38. The number of fused-ring (bicyclic) bond motifs is 1. The lowest BCUT2D eigenvalue weighted by molar-refractivity contribution is -0.154. The van der Waals surface area contributed by atoms with Crippen LogP contribution in [0.4, 0.5) is 0 Å². The molecule has 0 aromatic rings. The largest absolute Gasteiger partial charge is 0.466 e. The maximum Gasteiger partial charge on any atom is 0.312 e. The van der Waals surface area contributed by atoms with Crippen LogP contribution in [0.25, 0.3) is 0 Å². The highest BCUT2D eigenvalue weighted by atomic mass is 16.6. The van der Waals surface area contributed by atoms with Crippen molar-refractivity contribution in [3.8, 4) is 0 Å². The van der Waals surface area contributed by atoms with Crippen LogP contribution in [0.1, 0.15) is 60.8 Å². The minimum atomic E-state index is -1.05. The summed E-state index contributed by atoms with van der Waals surface area (Å²) in [4.78, 5) is 40.9. The molecule has 3 fully saturated rings. The number of amides is 2. The van der Waals surface area contributed by atoms with E-state index in [1.54, 1.807) is 6.92 Å². The number of β-amino-alcohol motifs (C(OH)–C–C–N with tert-alkyl or cyclic N) is 1. The molecular formula is C22H36N2O6. The van der Waals surface area contributed by atoms with Gasteiger partial charge in [-0.2, -0.15) is 0 Å². The third-order valence-electron chi connectivity index (χ3n) is 6.38. The molecule has 3 saturated heterocycles. The van der Waals surface area contributed by atoms with Gasteiger partial charge < -0.3 is 24.8 Å². The van der Waals surface area contributed by atoms with Gasteiger partial charge in [0.05, 0.1) is 31.2 Å². The summed E-state index contributed by atoms with van der Waals surface area (Å²) in [5.41, 5.74) is -1.53. The average molecular weight is 425 g/mol. The number of carbonyl (C=O) groups is 3. The highest BCUT2D eigenvalue weighted by Gasteiger charge is 2.74. The number of aliphatic hydroxyl groups is 1. The van der Waals surface area contributed by atoms with E-state index in [-0.39, 0.29) is 37.0 Å². The van der Waals surface area contributed by atoms with Crippen LogP contribution in [0.15, 0.2) is 0 Å². The van der Waals surface area contributed by atoms with Gasteiger partial charge in [-0.25, -0.2) is 0 Å². The minimum absolute atomic E-state index is 0.00516. The molecule has 0 saturated carbocycles. The average Bonchev–Trinajstić information content (AvgIpc) is 3.21. The van der Waals surface area contributed by atoms with Gasteiger partial charge in [0.2, 0.25) is 11.8 Å². The summed E-state index contributed by atoms with van der Waals surface area (Å²) >= 11 is 0. The van der Waals surface area contributed by atoms with Gasteiger partial charge in [-0.3, -0.25) is 14.4 Å². The molecule has 170 valence electrons. The van der Waals surface area contributed by atoms with Gasteiger partial charge in [0.1, 0.15) is 11.6 Å². The van der Waals surface area contributed by atoms with Crippen molar-refractivity contribution in [1.29, 1.82) is 0 Å². The monoisotopic (exact) mass is 424 g/mol. The molecule has 8 nitrogen and oxygen atoms in total. The molecule has 5 atom stereocenters. The van der Waals surface area contributed by atoms with Crippen LogP contribution in [0.2, 0.25) is 0 Å². The van der Waals surface area contributed by atoms with Crippen molar-refractivity contribution in [1.82, 2.24) is 10.2 Å². The van der Waals surface area contributed by atoms with Crippen LogP contribution in [0.3, 0.4) is 0 Å². The summed E-state index contributed by atoms with van der Waals surface area (Å²) in [6.07, 6.45) is 1.48. The maximum absolute atomic E-state index is 13.5. The number of aliphatic hydroxyl groups excluding tert-OH is 1. The normalized spacial score (nSPS) is 33.0. The second kappa shape index (κ2) is 7.79. The quantitative estimate of drug-likeness (QED) is 0.596. The van der Waals surface area contributed by atoms with Gasteiger partial charge in [-0.1, -0.05) is 20.8 Å². The lowest BCUT2D eigenvalue weighted by atomic mass is 9.70. The third kappa shape index (κ3) is 3.84. The van der Waals surface area contributed by atoms with Gasteiger partial charge in [0.25, 0.3) is 0 Å². The van der Waals surface area contributed by atoms with Gasteiger partial charge >= 0.3 is 5.97 Å². The smallest absolute Gasteiger partial charge is 0.312 e. The molecule has 0 aromatic heterocycles. The van der Waals surface area contributed by atoms with Crippen LogP contribution in [0, 0.1) is 17.3 Å². The minimum Gasteiger partial charge on any atom is -0.466 e. The Balaban J connectivity index is 1.92. The van der Waals surface area contributed by atoms with Crippen molar-refractivity contribution in [2.75, 3.05) is 19.8 Å². The van der Waals surface area contributed by atoms with E-state index in [1.165, 1.54) is 4.90 Å². The highest BCUT2D eigenvalue weighted by molar-refractivity contribution is 5.98. The van der Waals surface area contributed by atoms with Crippen molar-refractivity contribution in [3.05, 3.63) is 0 Å². The fourth-order valence-electron chi connectivity index (χ4n) is 6.08. The molecule has 2 amide bonds. The SMILES string of the molecule is CCOC(=O)[C@@H]1[C@H]2C(=O)N(CCO)[C@H](C(=O)NC(C)(C)CC(C)(C)C)[C@]23CC[C@H]1O3. The number of likely N-dealkylation sites (tertiary alicyclic amines) is 1. The first kappa shape index (κ1) is 23.0. The Morgan fingerprint density at radius 3 is 2.53 bits per heavy atom. The molecule has 8 heteroatoms. The molecule has 3 rings (SSSR count). The maximum atomic E-state index is 13.5. The predicted octanol–water partition coefficient (Wildman–Crippen LogP) is 1.25. The van der Waals surface area contributed by atoms with Gasteiger partial charge in [0, 0.05) is 12.1 Å². The number of rotatable bonds is 7. The van der Waals surface area contributed by atoms with E-state index in [2.05, 4.69) is 26.1 Å². The fraction of sp³-hybridized carbons (Fsp3) is 0.864. The van der Waals surface area contributed by atoms with Crippen molar-refractivity contribution in [3.63, 3.8) is 0 Å². The van der Waals surface area contributed by atoms with Crippen LogP contribution in [-0.2, 0) is 23.9 Å². The molecule has 0 aromatic carbocycles. The van der Waals surface area contributed by atoms with Crippen LogP contribution in [0.5, 0.6) is 0 Å². The molecule has 3 aliphatic heterocycles. The Morgan fingerprint density at radius 2 is 1.97 bits per heavy atom. The molecular weight excluding hydrogens is 388 g/mol. The van der Waals surface area contributed by atoms with Crippen LogP contribution < -0.4 is 5.32 Å². The Labute approximate surface area is 178 Å². The van der Waals surface area contributed by atoms with Gasteiger partial charge in [0.15, 0.2) is 0 Å². The highest BCUT2D eigenvalue weighted by Crippen LogP contribution is 2.58.